The Bertz CT molecular complexity index is 348. The predicted molar refractivity (Wildman–Crippen MR) is 61.6 cm³/mol. The zero-order chi connectivity index (χ0) is 12.1. The molecule has 2 atom stereocenters. The third kappa shape index (κ3) is 2.73. The molecule has 1 aromatic carbocycles. The van der Waals surface area contributed by atoms with Crippen molar-refractivity contribution in [3.63, 3.8) is 0 Å². The van der Waals surface area contributed by atoms with Gasteiger partial charge in [-0.2, -0.15) is 0 Å². The van der Waals surface area contributed by atoms with Gasteiger partial charge in [-0.25, -0.2) is 0 Å². The van der Waals surface area contributed by atoms with Gasteiger partial charge in [-0.15, -0.1) is 0 Å². The van der Waals surface area contributed by atoms with E-state index in [1.165, 1.54) is 0 Å². The molecule has 16 heavy (non-hydrogen) atoms. The van der Waals surface area contributed by atoms with E-state index in [0.717, 1.165) is 11.3 Å². The summed E-state index contributed by atoms with van der Waals surface area (Å²) >= 11 is 0. The summed E-state index contributed by atoms with van der Waals surface area (Å²) in [5.41, 5.74) is 0.943. The number of aliphatic carboxylic acids is 1. The highest BCUT2D eigenvalue weighted by Crippen LogP contribution is 2.23. The second-order valence-electron chi connectivity index (χ2n) is 3.67. The maximum absolute atomic E-state index is 10.9. The molecule has 2 unspecified atom stereocenters. The van der Waals surface area contributed by atoms with Crippen molar-refractivity contribution in [2.75, 3.05) is 14.2 Å². The first-order chi connectivity index (χ1) is 7.60. The number of carboxylic acids is 1. The third-order valence-corrected chi connectivity index (χ3v) is 2.68. The Hall–Kier alpha value is -1.55. The standard InChI is InChI=1S/C12H17NO3/c1-8(12(14)15)11(13-2)9-4-6-10(16-3)7-5-9/h4-8,11,13H,1-3H3,(H,14,15). The fourth-order valence-electron chi connectivity index (χ4n) is 1.66. The maximum atomic E-state index is 10.9. The van der Waals surface area contributed by atoms with Crippen molar-refractivity contribution in [1.29, 1.82) is 0 Å². The molecule has 4 nitrogen and oxygen atoms in total. The molecule has 88 valence electrons. The molecule has 0 aliphatic carbocycles. The van der Waals surface area contributed by atoms with Crippen LogP contribution in [0.15, 0.2) is 24.3 Å². The van der Waals surface area contributed by atoms with Crippen molar-refractivity contribution in [3.05, 3.63) is 29.8 Å². The van der Waals surface area contributed by atoms with Gasteiger partial charge in [-0.3, -0.25) is 4.79 Å². The summed E-state index contributed by atoms with van der Waals surface area (Å²) in [4.78, 5) is 10.9. The topological polar surface area (TPSA) is 58.6 Å². The van der Waals surface area contributed by atoms with E-state index in [1.54, 1.807) is 21.1 Å². The number of ether oxygens (including phenoxy) is 1. The van der Waals surface area contributed by atoms with E-state index in [1.807, 2.05) is 24.3 Å². The monoisotopic (exact) mass is 223 g/mol. The van der Waals surface area contributed by atoms with Crippen LogP contribution >= 0.6 is 0 Å². The largest absolute Gasteiger partial charge is 0.497 e. The van der Waals surface area contributed by atoms with Crippen molar-refractivity contribution in [3.8, 4) is 5.75 Å². The lowest BCUT2D eigenvalue weighted by atomic mass is 9.95. The SMILES string of the molecule is CNC(c1ccc(OC)cc1)C(C)C(=O)O. The quantitative estimate of drug-likeness (QED) is 0.797. The average molecular weight is 223 g/mol. The van der Waals surface area contributed by atoms with Crippen LogP contribution < -0.4 is 10.1 Å². The van der Waals surface area contributed by atoms with E-state index in [0.29, 0.717) is 0 Å². The van der Waals surface area contributed by atoms with Gasteiger partial charge in [-0.1, -0.05) is 19.1 Å². The maximum Gasteiger partial charge on any atom is 0.308 e. The molecule has 0 saturated carbocycles. The van der Waals surface area contributed by atoms with Crippen LogP contribution in [0, 0.1) is 5.92 Å². The first-order valence-electron chi connectivity index (χ1n) is 5.14. The van der Waals surface area contributed by atoms with Crippen LogP contribution in [0.2, 0.25) is 0 Å². The van der Waals surface area contributed by atoms with E-state index in [4.69, 9.17) is 9.84 Å². The molecular formula is C12H17NO3. The second-order valence-corrected chi connectivity index (χ2v) is 3.67. The summed E-state index contributed by atoms with van der Waals surface area (Å²) in [6.45, 7) is 1.69. The lowest BCUT2D eigenvalue weighted by Gasteiger charge is -2.20. The minimum Gasteiger partial charge on any atom is -0.497 e. The van der Waals surface area contributed by atoms with Gasteiger partial charge in [0, 0.05) is 6.04 Å². The van der Waals surface area contributed by atoms with E-state index >= 15 is 0 Å². The number of methoxy groups -OCH3 is 1. The smallest absolute Gasteiger partial charge is 0.308 e. The number of rotatable bonds is 5. The molecule has 0 aliphatic heterocycles. The normalized spacial score (nSPS) is 14.2. The molecule has 0 radical (unpaired) electrons. The lowest BCUT2D eigenvalue weighted by molar-refractivity contribution is -0.142. The Morgan fingerprint density at radius 2 is 1.94 bits per heavy atom. The Morgan fingerprint density at radius 3 is 2.31 bits per heavy atom. The van der Waals surface area contributed by atoms with E-state index < -0.39 is 11.9 Å². The van der Waals surface area contributed by atoms with Gasteiger partial charge >= 0.3 is 5.97 Å². The summed E-state index contributed by atoms with van der Waals surface area (Å²) < 4.78 is 5.05. The number of hydrogen-bond donors (Lipinski definition) is 2. The van der Waals surface area contributed by atoms with Gasteiger partial charge in [0.05, 0.1) is 13.0 Å². The minimum atomic E-state index is -0.810. The van der Waals surface area contributed by atoms with E-state index in [2.05, 4.69) is 5.32 Å². The number of benzene rings is 1. The summed E-state index contributed by atoms with van der Waals surface area (Å²) in [5, 5.41) is 12.0. The third-order valence-electron chi connectivity index (χ3n) is 2.68. The second kappa shape index (κ2) is 5.51. The molecule has 4 heteroatoms. The van der Waals surface area contributed by atoms with Crippen LogP contribution in [-0.2, 0) is 4.79 Å². The van der Waals surface area contributed by atoms with Crippen molar-refractivity contribution >= 4 is 5.97 Å². The molecule has 0 aliphatic rings. The van der Waals surface area contributed by atoms with Crippen molar-refractivity contribution in [1.82, 2.24) is 5.32 Å². The molecule has 0 saturated heterocycles. The molecule has 2 N–H and O–H groups in total. The number of carboxylic acid groups (broad SMARTS) is 1. The van der Waals surface area contributed by atoms with Gasteiger partial charge in [0.25, 0.3) is 0 Å². The minimum absolute atomic E-state index is 0.191. The summed E-state index contributed by atoms with van der Waals surface area (Å²) in [6.07, 6.45) is 0. The fourth-order valence-corrected chi connectivity index (χ4v) is 1.66. The van der Waals surface area contributed by atoms with Crippen LogP contribution in [0.25, 0.3) is 0 Å². The molecular weight excluding hydrogens is 206 g/mol. The van der Waals surface area contributed by atoms with E-state index in [-0.39, 0.29) is 6.04 Å². The lowest BCUT2D eigenvalue weighted by Crippen LogP contribution is -2.28. The Labute approximate surface area is 95.2 Å². The van der Waals surface area contributed by atoms with E-state index in [9.17, 15) is 4.79 Å². The molecule has 0 aromatic heterocycles. The Morgan fingerprint density at radius 1 is 1.38 bits per heavy atom. The molecule has 1 aromatic rings. The predicted octanol–water partition coefficient (Wildman–Crippen LogP) is 1.68. The van der Waals surface area contributed by atoms with Crippen LogP contribution in [0.3, 0.4) is 0 Å². The summed E-state index contributed by atoms with van der Waals surface area (Å²) in [6, 6.07) is 7.21. The van der Waals surface area contributed by atoms with Gasteiger partial charge in [0.2, 0.25) is 0 Å². The molecule has 0 amide bonds. The number of nitrogens with one attached hydrogen (secondary N) is 1. The van der Waals surface area contributed by atoms with Crippen molar-refractivity contribution in [2.24, 2.45) is 5.92 Å². The molecule has 0 fully saturated rings. The van der Waals surface area contributed by atoms with Crippen molar-refractivity contribution in [2.45, 2.75) is 13.0 Å². The number of carbonyl (C=O) groups is 1. The zero-order valence-corrected chi connectivity index (χ0v) is 9.73. The van der Waals surface area contributed by atoms with Gasteiger partial charge in [-0.05, 0) is 24.7 Å². The van der Waals surface area contributed by atoms with Gasteiger partial charge in [0.1, 0.15) is 5.75 Å². The van der Waals surface area contributed by atoms with Crippen LogP contribution in [0.4, 0.5) is 0 Å². The van der Waals surface area contributed by atoms with Crippen LogP contribution in [0.1, 0.15) is 18.5 Å². The fraction of sp³-hybridized carbons (Fsp3) is 0.417. The van der Waals surface area contributed by atoms with Crippen molar-refractivity contribution < 1.29 is 14.6 Å². The molecule has 0 bridgehead atoms. The first-order valence-corrected chi connectivity index (χ1v) is 5.14. The highest BCUT2D eigenvalue weighted by molar-refractivity contribution is 5.70. The molecule has 0 spiro atoms. The highest BCUT2D eigenvalue weighted by Gasteiger charge is 2.23. The molecule has 0 heterocycles. The Kier molecular flexibility index (Phi) is 4.31. The summed E-state index contributed by atoms with van der Waals surface area (Å²) in [7, 11) is 3.36. The first kappa shape index (κ1) is 12.5. The van der Waals surface area contributed by atoms with Gasteiger partial charge in [0.15, 0.2) is 0 Å². The van der Waals surface area contributed by atoms with Crippen LogP contribution in [0.5, 0.6) is 5.75 Å². The van der Waals surface area contributed by atoms with Gasteiger partial charge < -0.3 is 15.2 Å². The Balaban J connectivity index is 2.90. The highest BCUT2D eigenvalue weighted by atomic mass is 16.5. The average Bonchev–Trinajstić information content (AvgIpc) is 2.30. The molecule has 1 rings (SSSR count). The number of hydrogen-bond acceptors (Lipinski definition) is 3. The summed E-state index contributed by atoms with van der Waals surface area (Å²) in [5.74, 6) is -0.518. The zero-order valence-electron chi connectivity index (χ0n) is 9.73. The van der Waals surface area contributed by atoms with Crippen LogP contribution in [-0.4, -0.2) is 25.2 Å².